The number of methoxy groups -OCH3 is 1. The zero-order valence-corrected chi connectivity index (χ0v) is 16.2. The minimum absolute atomic E-state index is 0.260. The fourth-order valence-corrected chi connectivity index (χ4v) is 3.33. The van der Waals surface area contributed by atoms with Gasteiger partial charge in [-0.3, -0.25) is 4.98 Å². The number of rotatable bonds is 5. The standard InChI is InChI=1S/C18H19N3O6S/c1-18(2,23)12-8-15(27-10-12)28(24,25)21-17(22)20-14-9-13(26-3)7-11-5-4-6-19-16(11)14/h4-10,23H,1-3H3,(H2,20,21,22). The van der Waals surface area contributed by atoms with Crippen LogP contribution < -0.4 is 14.8 Å². The summed E-state index contributed by atoms with van der Waals surface area (Å²) in [5, 5.41) is 12.6. The number of benzene rings is 1. The van der Waals surface area contributed by atoms with Crippen LogP contribution in [0.1, 0.15) is 19.4 Å². The van der Waals surface area contributed by atoms with Gasteiger partial charge in [0.2, 0.25) is 5.09 Å². The molecule has 3 N–H and O–H groups in total. The smallest absolute Gasteiger partial charge is 0.333 e. The van der Waals surface area contributed by atoms with Crippen molar-refractivity contribution in [2.24, 2.45) is 0 Å². The lowest BCUT2D eigenvalue weighted by atomic mass is 10.0. The number of sulfonamides is 1. The second kappa shape index (κ2) is 7.13. The normalized spacial score (nSPS) is 12.0. The van der Waals surface area contributed by atoms with Crippen molar-refractivity contribution in [3.8, 4) is 5.75 Å². The second-order valence-electron chi connectivity index (χ2n) is 6.52. The Morgan fingerprint density at radius 3 is 2.68 bits per heavy atom. The Morgan fingerprint density at radius 1 is 1.29 bits per heavy atom. The molecule has 2 heterocycles. The average Bonchev–Trinajstić information content (AvgIpc) is 3.12. The number of aliphatic hydroxyl groups is 1. The van der Waals surface area contributed by atoms with Crippen molar-refractivity contribution >= 4 is 32.6 Å². The molecule has 0 fully saturated rings. The highest BCUT2D eigenvalue weighted by atomic mass is 32.2. The molecule has 2 amide bonds. The van der Waals surface area contributed by atoms with Gasteiger partial charge < -0.3 is 19.6 Å². The highest BCUT2D eigenvalue weighted by Crippen LogP contribution is 2.28. The van der Waals surface area contributed by atoms with Crippen LogP contribution in [0.3, 0.4) is 0 Å². The molecule has 148 valence electrons. The van der Waals surface area contributed by atoms with E-state index in [0.717, 1.165) is 12.3 Å². The van der Waals surface area contributed by atoms with Crippen LogP contribution >= 0.6 is 0 Å². The lowest BCUT2D eigenvalue weighted by molar-refractivity contribution is 0.0779. The van der Waals surface area contributed by atoms with Crippen molar-refractivity contribution in [1.82, 2.24) is 9.71 Å². The first-order chi connectivity index (χ1) is 13.1. The number of carbonyl (C=O) groups excluding carboxylic acids is 1. The second-order valence-corrected chi connectivity index (χ2v) is 8.14. The molecule has 0 unspecified atom stereocenters. The Balaban J connectivity index is 1.84. The summed E-state index contributed by atoms with van der Waals surface area (Å²) in [6.45, 7) is 2.96. The van der Waals surface area contributed by atoms with Crippen molar-refractivity contribution < 1.29 is 27.5 Å². The van der Waals surface area contributed by atoms with Gasteiger partial charge in [0, 0.05) is 29.3 Å². The quantitative estimate of drug-likeness (QED) is 0.594. The van der Waals surface area contributed by atoms with E-state index in [9.17, 15) is 18.3 Å². The van der Waals surface area contributed by atoms with E-state index in [4.69, 9.17) is 9.15 Å². The molecule has 3 aromatic rings. The van der Waals surface area contributed by atoms with Gasteiger partial charge in [-0.25, -0.2) is 9.52 Å². The summed E-state index contributed by atoms with van der Waals surface area (Å²) in [7, 11) is -2.80. The largest absolute Gasteiger partial charge is 0.497 e. The molecule has 0 aliphatic carbocycles. The Labute approximate surface area is 161 Å². The van der Waals surface area contributed by atoms with Crippen LogP contribution in [0, 0.1) is 0 Å². The molecular formula is C18H19N3O6S. The van der Waals surface area contributed by atoms with Crippen LogP contribution in [0.2, 0.25) is 0 Å². The van der Waals surface area contributed by atoms with Crippen molar-refractivity contribution in [1.29, 1.82) is 0 Å². The Kier molecular flexibility index (Phi) is 5.01. The summed E-state index contributed by atoms with van der Waals surface area (Å²) >= 11 is 0. The monoisotopic (exact) mass is 405 g/mol. The number of ether oxygens (including phenoxy) is 1. The van der Waals surface area contributed by atoms with Crippen LogP contribution in [-0.4, -0.2) is 31.6 Å². The number of amides is 2. The number of aromatic nitrogens is 1. The molecule has 2 aromatic heterocycles. The van der Waals surface area contributed by atoms with Crippen LogP contribution in [0.15, 0.2) is 52.3 Å². The number of hydrogen-bond acceptors (Lipinski definition) is 7. The van der Waals surface area contributed by atoms with Crippen LogP contribution in [0.4, 0.5) is 10.5 Å². The van der Waals surface area contributed by atoms with Crippen molar-refractivity contribution in [2.75, 3.05) is 12.4 Å². The maximum Gasteiger partial charge on any atom is 0.333 e. The van der Waals surface area contributed by atoms with Crippen LogP contribution in [0.5, 0.6) is 5.75 Å². The van der Waals surface area contributed by atoms with Gasteiger partial charge in [-0.1, -0.05) is 6.07 Å². The Morgan fingerprint density at radius 2 is 2.04 bits per heavy atom. The molecule has 0 aliphatic rings. The van der Waals surface area contributed by atoms with E-state index in [1.54, 1.807) is 24.4 Å². The van der Waals surface area contributed by atoms with E-state index >= 15 is 0 Å². The number of fused-ring (bicyclic) bond motifs is 1. The number of anilines is 1. The first-order valence-corrected chi connectivity index (χ1v) is 9.66. The van der Waals surface area contributed by atoms with E-state index in [1.165, 1.54) is 27.0 Å². The minimum atomic E-state index is -4.28. The summed E-state index contributed by atoms with van der Waals surface area (Å²) in [6, 6.07) is 6.93. The minimum Gasteiger partial charge on any atom is -0.497 e. The molecule has 0 bridgehead atoms. The summed E-state index contributed by atoms with van der Waals surface area (Å²) in [4.78, 5) is 16.5. The first-order valence-electron chi connectivity index (χ1n) is 8.18. The molecule has 0 spiro atoms. The number of furan rings is 1. The van der Waals surface area contributed by atoms with Crippen molar-refractivity contribution in [3.63, 3.8) is 0 Å². The molecular weight excluding hydrogens is 386 g/mol. The Hall–Kier alpha value is -3.11. The van der Waals surface area contributed by atoms with Gasteiger partial charge in [0.25, 0.3) is 10.0 Å². The van der Waals surface area contributed by atoms with Gasteiger partial charge in [0.15, 0.2) is 0 Å². The zero-order chi connectivity index (χ0) is 20.5. The predicted molar refractivity (Wildman–Crippen MR) is 102 cm³/mol. The fourth-order valence-electron chi connectivity index (χ4n) is 2.48. The summed E-state index contributed by atoms with van der Waals surface area (Å²) < 4.78 is 36.8. The number of pyridine rings is 1. The molecule has 3 rings (SSSR count). The van der Waals surface area contributed by atoms with Gasteiger partial charge in [-0.2, -0.15) is 8.42 Å². The predicted octanol–water partition coefficient (Wildman–Crippen LogP) is 2.57. The molecule has 0 saturated carbocycles. The maximum absolute atomic E-state index is 12.4. The third kappa shape index (κ3) is 4.07. The van der Waals surface area contributed by atoms with E-state index in [0.29, 0.717) is 16.7 Å². The van der Waals surface area contributed by atoms with E-state index in [-0.39, 0.29) is 11.3 Å². The van der Waals surface area contributed by atoms with E-state index in [1.807, 2.05) is 4.72 Å². The number of nitrogens with zero attached hydrogens (tertiary/aromatic N) is 1. The summed E-state index contributed by atoms with van der Waals surface area (Å²) in [5.74, 6) is 0.472. The topological polar surface area (TPSA) is 131 Å². The third-order valence-corrected chi connectivity index (χ3v) is 5.13. The molecule has 0 atom stereocenters. The van der Waals surface area contributed by atoms with Gasteiger partial charge in [-0.15, -0.1) is 0 Å². The average molecular weight is 405 g/mol. The van der Waals surface area contributed by atoms with Gasteiger partial charge in [0.1, 0.15) is 5.75 Å². The van der Waals surface area contributed by atoms with Crippen LogP contribution in [-0.2, 0) is 15.6 Å². The maximum atomic E-state index is 12.4. The summed E-state index contributed by atoms with van der Waals surface area (Å²) in [5.41, 5.74) is -0.279. The lowest BCUT2D eigenvalue weighted by Crippen LogP contribution is -2.34. The van der Waals surface area contributed by atoms with E-state index in [2.05, 4.69) is 10.3 Å². The zero-order valence-electron chi connectivity index (χ0n) is 15.4. The first kappa shape index (κ1) is 19.6. The van der Waals surface area contributed by atoms with Gasteiger partial charge in [-0.05, 0) is 26.0 Å². The molecule has 28 heavy (non-hydrogen) atoms. The molecule has 1 aromatic carbocycles. The molecule has 0 saturated heterocycles. The summed E-state index contributed by atoms with van der Waals surface area (Å²) in [6.07, 6.45) is 2.67. The van der Waals surface area contributed by atoms with Gasteiger partial charge in [0.05, 0.1) is 30.2 Å². The fraction of sp³-hybridized carbons (Fsp3) is 0.222. The highest BCUT2D eigenvalue weighted by Gasteiger charge is 2.26. The Bertz CT molecular complexity index is 1130. The third-order valence-electron chi connectivity index (χ3n) is 3.94. The number of hydrogen-bond donors (Lipinski definition) is 3. The van der Waals surface area contributed by atoms with Gasteiger partial charge >= 0.3 is 6.03 Å². The number of nitrogens with one attached hydrogen (secondary N) is 2. The molecule has 10 heteroatoms. The van der Waals surface area contributed by atoms with Crippen LogP contribution in [0.25, 0.3) is 10.9 Å². The number of urea groups is 1. The molecule has 0 radical (unpaired) electrons. The lowest BCUT2D eigenvalue weighted by Gasteiger charge is -2.13. The van der Waals surface area contributed by atoms with E-state index < -0.39 is 26.7 Å². The molecule has 9 nitrogen and oxygen atoms in total. The van der Waals surface area contributed by atoms with Crippen molar-refractivity contribution in [3.05, 3.63) is 48.4 Å². The van der Waals surface area contributed by atoms with Crippen molar-refractivity contribution in [2.45, 2.75) is 24.5 Å². The highest BCUT2D eigenvalue weighted by molar-refractivity contribution is 7.89. The SMILES string of the molecule is COc1cc(NC(=O)NS(=O)(=O)c2cc(C(C)(C)O)co2)c2ncccc2c1. The molecule has 0 aliphatic heterocycles. The number of carbonyl (C=O) groups is 1.